The minimum absolute atomic E-state index is 0.639. The molecule has 21 heavy (non-hydrogen) atoms. The first-order chi connectivity index (χ1) is 9.64. The topological polar surface area (TPSA) is 114 Å². The van der Waals surface area contributed by atoms with Crippen LogP contribution >= 0.6 is 25.3 Å². The highest BCUT2D eigenvalue weighted by molar-refractivity contribution is 7.96. The first kappa shape index (κ1) is 32.4. The van der Waals surface area contributed by atoms with E-state index in [0.29, 0.717) is 0 Å². The summed E-state index contributed by atoms with van der Waals surface area (Å²) in [5, 5.41) is -1.28. The molecule has 0 aliphatic heterocycles. The van der Waals surface area contributed by atoms with Crippen molar-refractivity contribution >= 4 is 45.3 Å². The highest BCUT2D eigenvalue weighted by atomic mass is 32.1. The zero-order valence-corrected chi connectivity index (χ0v) is 16.4. The van der Waals surface area contributed by atoms with Gasteiger partial charge in [0.15, 0.2) is 0 Å². The van der Waals surface area contributed by atoms with Crippen molar-refractivity contribution in [3.63, 3.8) is 0 Å². The molecule has 0 spiro atoms. The van der Waals surface area contributed by atoms with Crippen molar-refractivity contribution in [2.75, 3.05) is 21.3 Å². The minimum Gasteiger partial charge on any atom is -0.375 e. The Morgan fingerprint density at radius 2 is 1.14 bits per heavy atom. The Bertz CT molecular complexity index is 195. The molecular weight excluding hydrogens is 332 g/mol. The third-order valence-electron chi connectivity index (χ3n) is 0.500. The summed E-state index contributed by atoms with van der Waals surface area (Å²) in [4.78, 5) is 18.2. The summed E-state index contributed by atoms with van der Waals surface area (Å²) in [5.74, 6) is 0. The average Bonchev–Trinajstić information content (AvgIpc) is 2.31. The first-order valence-corrected chi connectivity index (χ1v) is 7.79. The number of carbonyl (C=O) groups excluding carboxylic acids is 2. The molecular formula is C11H29N2O5S2Si. The predicted molar refractivity (Wildman–Crippen MR) is 95.8 cm³/mol. The van der Waals surface area contributed by atoms with Gasteiger partial charge in [-0.05, 0) is 6.92 Å². The fourth-order valence-corrected chi connectivity index (χ4v) is 0.750. The molecule has 0 rings (SSSR count). The van der Waals surface area contributed by atoms with Gasteiger partial charge in [-0.2, -0.15) is 0 Å². The van der Waals surface area contributed by atoms with Crippen molar-refractivity contribution in [3.8, 4) is 0 Å². The van der Waals surface area contributed by atoms with Crippen LogP contribution in [0.25, 0.3) is 0 Å². The number of thiol groups is 2. The molecule has 7 nitrogen and oxygen atoms in total. The Balaban J connectivity index is -0.0000000535. The van der Waals surface area contributed by atoms with Gasteiger partial charge in [-0.25, -0.2) is 0 Å². The molecule has 0 aromatic carbocycles. The number of carbonyl (C=O) groups is 2. The maximum absolute atomic E-state index is 9.09. The summed E-state index contributed by atoms with van der Waals surface area (Å²) < 4.78 is 14.1. The second-order valence-corrected chi connectivity index (χ2v) is 5.26. The Morgan fingerprint density at radius 1 is 1.05 bits per heavy atom. The molecule has 0 aromatic rings. The van der Waals surface area contributed by atoms with Gasteiger partial charge in [0.2, 0.25) is 0 Å². The molecule has 4 N–H and O–H groups in total. The van der Waals surface area contributed by atoms with Crippen LogP contribution in [-0.2, 0) is 13.3 Å². The molecule has 0 saturated carbocycles. The quantitative estimate of drug-likeness (QED) is 0.350. The number of hydrogen-bond donors (Lipinski definition) is 4. The molecule has 129 valence electrons. The third-order valence-corrected chi connectivity index (χ3v) is 1.50. The largest absolute Gasteiger partial charge is 0.576 e. The molecule has 0 aromatic heterocycles. The predicted octanol–water partition coefficient (Wildman–Crippen LogP) is 2.51. The van der Waals surface area contributed by atoms with Crippen LogP contribution in [0.4, 0.5) is 9.59 Å². The molecule has 0 aliphatic carbocycles. The van der Waals surface area contributed by atoms with E-state index in [4.69, 9.17) is 22.9 Å². The summed E-state index contributed by atoms with van der Waals surface area (Å²) in [6, 6.07) is 0. The van der Waals surface area contributed by atoms with Gasteiger partial charge in [0.05, 0.1) is 0 Å². The first-order valence-electron chi connectivity index (χ1n) is 5.67. The number of nitrogens with two attached hydrogens (primary N) is 2. The molecule has 0 bridgehead atoms. The Hall–Kier alpha value is -0.523. The third kappa shape index (κ3) is 198. The number of primary amides is 2. The molecule has 2 amide bonds. The average molecular weight is 362 g/mol. The van der Waals surface area contributed by atoms with Crippen LogP contribution in [0.2, 0.25) is 0 Å². The molecule has 1 radical (unpaired) electrons. The number of hydrogen-bond acceptors (Lipinski definition) is 5. The summed E-state index contributed by atoms with van der Waals surface area (Å²) in [7, 11) is 3.31. The number of rotatable bonds is 3. The van der Waals surface area contributed by atoms with Gasteiger partial charge in [-0.1, -0.05) is 51.6 Å². The summed E-state index contributed by atoms with van der Waals surface area (Å²) in [6.45, 7) is 9.50. The summed E-state index contributed by atoms with van der Waals surface area (Å²) >= 11 is 6.21. The zero-order chi connectivity index (χ0) is 18.3. The molecule has 0 atom stereocenters. The molecule has 0 aliphatic rings. The van der Waals surface area contributed by atoms with Crippen LogP contribution in [0.5, 0.6) is 0 Å². The fraction of sp³-hybridized carbons (Fsp3) is 0.636. The maximum atomic E-state index is 9.09. The number of amides is 2. The van der Waals surface area contributed by atoms with E-state index in [1.807, 2.05) is 6.92 Å². The molecule has 0 saturated heterocycles. The van der Waals surface area contributed by atoms with E-state index in [9.17, 15) is 0 Å². The zero-order valence-electron chi connectivity index (χ0n) is 13.6. The molecule has 10 heteroatoms. The van der Waals surface area contributed by atoms with Gasteiger partial charge in [-0.3, -0.25) is 9.59 Å². The molecule has 0 heterocycles. The second kappa shape index (κ2) is 36.6. The second-order valence-electron chi connectivity index (χ2n) is 2.65. The Labute approximate surface area is 141 Å². The van der Waals surface area contributed by atoms with Crippen LogP contribution in [-0.4, -0.2) is 41.3 Å². The van der Waals surface area contributed by atoms with Crippen LogP contribution in [0.15, 0.2) is 12.7 Å². The van der Waals surface area contributed by atoms with Gasteiger partial charge in [0.25, 0.3) is 10.5 Å². The van der Waals surface area contributed by atoms with Gasteiger partial charge in [-0.15, -0.1) is 6.58 Å². The van der Waals surface area contributed by atoms with E-state index in [0.717, 1.165) is 0 Å². The number of allylic oxidation sites excluding steroid dienone is 1. The smallest absolute Gasteiger partial charge is 0.375 e. The summed E-state index contributed by atoms with van der Waals surface area (Å²) in [5.41, 5.74) is 8.67. The standard InChI is InChI=1S/C3H9O3Si.C3H8.C3H6.2CH3NOS/c1-4-7(5-2)6-3;2*1-3-2;2*2-1(3)4/h1-3H3;3H2,1-2H3;3H,1H2,2H3;2*(H3,2,3,4). The van der Waals surface area contributed by atoms with Crippen molar-refractivity contribution in [2.45, 2.75) is 27.2 Å². The van der Waals surface area contributed by atoms with Crippen LogP contribution < -0.4 is 11.5 Å². The van der Waals surface area contributed by atoms with E-state index in [1.54, 1.807) is 27.4 Å². The van der Waals surface area contributed by atoms with Crippen molar-refractivity contribution in [3.05, 3.63) is 12.7 Å². The van der Waals surface area contributed by atoms with E-state index >= 15 is 0 Å². The van der Waals surface area contributed by atoms with E-state index in [-0.39, 0.29) is 0 Å². The van der Waals surface area contributed by atoms with Crippen LogP contribution in [0.1, 0.15) is 27.2 Å². The summed E-state index contributed by atoms with van der Waals surface area (Å²) in [6.07, 6.45) is 3.00. The lowest BCUT2D eigenvalue weighted by Gasteiger charge is -2.02. The lowest BCUT2D eigenvalue weighted by molar-refractivity contribution is 0.163. The molecule has 0 fully saturated rings. The van der Waals surface area contributed by atoms with Crippen molar-refractivity contribution in [1.29, 1.82) is 0 Å². The van der Waals surface area contributed by atoms with Crippen molar-refractivity contribution < 1.29 is 22.9 Å². The van der Waals surface area contributed by atoms with Gasteiger partial charge in [0, 0.05) is 21.3 Å². The monoisotopic (exact) mass is 361 g/mol. The van der Waals surface area contributed by atoms with E-state index in [1.165, 1.54) is 6.42 Å². The fourth-order valence-electron chi connectivity index (χ4n) is 0.250. The van der Waals surface area contributed by atoms with E-state index < -0.39 is 20.0 Å². The maximum Gasteiger partial charge on any atom is 0.576 e. The van der Waals surface area contributed by atoms with Crippen LogP contribution in [0, 0.1) is 0 Å². The van der Waals surface area contributed by atoms with Crippen molar-refractivity contribution in [2.24, 2.45) is 11.5 Å². The SMILES string of the molecule is C=CC.CCC.CO[Si](OC)OC.NC(=O)S.NC(=O)S. The van der Waals surface area contributed by atoms with Crippen LogP contribution in [0.3, 0.4) is 0 Å². The molecule has 0 unspecified atom stereocenters. The van der Waals surface area contributed by atoms with E-state index in [2.05, 4.69) is 57.2 Å². The lowest BCUT2D eigenvalue weighted by atomic mass is 10.6. The van der Waals surface area contributed by atoms with Gasteiger partial charge >= 0.3 is 9.53 Å². The van der Waals surface area contributed by atoms with Gasteiger partial charge in [0.1, 0.15) is 0 Å². The van der Waals surface area contributed by atoms with Gasteiger partial charge < -0.3 is 24.7 Å². The van der Waals surface area contributed by atoms with Crippen molar-refractivity contribution in [1.82, 2.24) is 0 Å². The Morgan fingerprint density at radius 3 is 1.14 bits per heavy atom. The highest BCUT2D eigenvalue weighted by Gasteiger charge is 2.09. The minimum atomic E-state index is -1.36. The Kier molecular flexibility index (Phi) is 56.5. The lowest BCUT2D eigenvalue weighted by Crippen LogP contribution is -2.21. The normalized spacial score (nSPS) is 7.29. The highest BCUT2D eigenvalue weighted by Crippen LogP contribution is 1.81.